The van der Waals surface area contributed by atoms with Crippen LogP contribution in [0, 0.1) is 0 Å². The van der Waals surface area contributed by atoms with Gasteiger partial charge in [-0.05, 0) is 44.4 Å². The van der Waals surface area contributed by atoms with Gasteiger partial charge in [0.15, 0.2) is 0 Å². The molecule has 1 aromatic carbocycles. The molecule has 0 saturated heterocycles. The highest BCUT2D eigenvalue weighted by molar-refractivity contribution is 5.64. The van der Waals surface area contributed by atoms with Gasteiger partial charge in [0.05, 0.1) is 6.10 Å². The fourth-order valence-corrected chi connectivity index (χ4v) is 1.69. The van der Waals surface area contributed by atoms with Gasteiger partial charge in [0, 0.05) is 13.2 Å². The van der Waals surface area contributed by atoms with Crippen molar-refractivity contribution in [2.75, 3.05) is 19.7 Å². The predicted molar refractivity (Wildman–Crippen MR) is 78.7 cm³/mol. The number of unbranched alkanes of at least 4 members (excludes halogenated alkanes) is 1. The standard InChI is InChI=1S/C16H25NO/c1-14(2)18-12-8-7-11-17-13-15(3)16-9-5-4-6-10-16/h4-6,9-10,14,17H,3,7-8,11-13H2,1-2H3. The van der Waals surface area contributed by atoms with Crippen molar-refractivity contribution in [1.82, 2.24) is 5.32 Å². The van der Waals surface area contributed by atoms with E-state index in [0.717, 1.165) is 38.1 Å². The van der Waals surface area contributed by atoms with E-state index in [-0.39, 0.29) is 0 Å². The number of hydrogen-bond donors (Lipinski definition) is 1. The van der Waals surface area contributed by atoms with E-state index in [0.29, 0.717) is 6.10 Å². The molecule has 0 spiro atoms. The number of nitrogens with one attached hydrogen (secondary N) is 1. The largest absolute Gasteiger partial charge is 0.379 e. The van der Waals surface area contributed by atoms with E-state index in [1.54, 1.807) is 0 Å². The van der Waals surface area contributed by atoms with Crippen LogP contribution in [-0.2, 0) is 4.74 Å². The fourth-order valence-electron chi connectivity index (χ4n) is 1.69. The van der Waals surface area contributed by atoms with Crippen molar-refractivity contribution >= 4 is 5.57 Å². The maximum atomic E-state index is 5.49. The molecule has 0 bridgehead atoms. The molecule has 1 N–H and O–H groups in total. The monoisotopic (exact) mass is 247 g/mol. The van der Waals surface area contributed by atoms with Crippen molar-refractivity contribution in [3.05, 3.63) is 42.5 Å². The molecule has 1 rings (SSSR count). The van der Waals surface area contributed by atoms with Crippen LogP contribution in [0.1, 0.15) is 32.3 Å². The molecular formula is C16H25NO. The first kappa shape index (κ1) is 14.9. The van der Waals surface area contributed by atoms with E-state index in [1.165, 1.54) is 5.56 Å². The zero-order valence-electron chi connectivity index (χ0n) is 11.6. The predicted octanol–water partition coefficient (Wildman–Crippen LogP) is 3.49. The lowest BCUT2D eigenvalue weighted by Crippen LogP contribution is -2.18. The van der Waals surface area contributed by atoms with Gasteiger partial charge in [-0.15, -0.1) is 0 Å². The van der Waals surface area contributed by atoms with Gasteiger partial charge in [-0.1, -0.05) is 36.9 Å². The van der Waals surface area contributed by atoms with Gasteiger partial charge in [0.1, 0.15) is 0 Å². The van der Waals surface area contributed by atoms with Crippen LogP contribution in [-0.4, -0.2) is 25.8 Å². The Hall–Kier alpha value is -1.12. The van der Waals surface area contributed by atoms with Crippen LogP contribution in [0.25, 0.3) is 5.57 Å². The summed E-state index contributed by atoms with van der Waals surface area (Å²) in [6.45, 7) is 11.0. The summed E-state index contributed by atoms with van der Waals surface area (Å²) in [4.78, 5) is 0. The molecule has 1 aromatic rings. The van der Waals surface area contributed by atoms with Crippen LogP contribution >= 0.6 is 0 Å². The molecule has 18 heavy (non-hydrogen) atoms. The molecule has 2 nitrogen and oxygen atoms in total. The second-order valence-corrected chi connectivity index (χ2v) is 4.77. The first-order chi connectivity index (χ1) is 8.70. The van der Waals surface area contributed by atoms with Crippen LogP contribution in [0.5, 0.6) is 0 Å². The summed E-state index contributed by atoms with van der Waals surface area (Å²) >= 11 is 0. The molecule has 2 heteroatoms. The average molecular weight is 247 g/mol. The summed E-state index contributed by atoms with van der Waals surface area (Å²) in [5.74, 6) is 0. The Morgan fingerprint density at radius 3 is 2.61 bits per heavy atom. The molecule has 100 valence electrons. The maximum Gasteiger partial charge on any atom is 0.0518 e. The molecule has 0 aliphatic carbocycles. The molecule has 0 fully saturated rings. The smallest absolute Gasteiger partial charge is 0.0518 e. The molecule has 0 amide bonds. The summed E-state index contributed by atoms with van der Waals surface area (Å²) in [5, 5.41) is 3.42. The molecule has 0 aliphatic heterocycles. The van der Waals surface area contributed by atoms with Gasteiger partial charge in [0.2, 0.25) is 0 Å². The highest BCUT2D eigenvalue weighted by Gasteiger charge is 1.97. The van der Waals surface area contributed by atoms with Gasteiger partial charge in [-0.3, -0.25) is 0 Å². The minimum absolute atomic E-state index is 0.343. The Morgan fingerprint density at radius 2 is 1.94 bits per heavy atom. The van der Waals surface area contributed by atoms with Crippen molar-refractivity contribution in [1.29, 1.82) is 0 Å². The first-order valence-corrected chi connectivity index (χ1v) is 6.75. The van der Waals surface area contributed by atoms with E-state index in [9.17, 15) is 0 Å². The minimum atomic E-state index is 0.343. The van der Waals surface area contributed by atoms with Gasteiger partial charge >= 0.3 is 0 Å². The lowest BCUT2D eigenvalue weighted by atomic mass is 10.1. The Labute approximate surface area is 111 Å². The van der Waals surface area contributed by atoms with Gasteiger partial charge in [-0.2, -0.15) is 0 Å². The highest BCUT2D eigenvalue weighted by Crippen LogP contribution is 2.09. The van der Waals surface area contributed by atoms with Crippen molar-refractivity contribution in [3.63, 3.8) is 0 Å². The SMILES string of the molecule is C=C(CNCCCCOC(C)C)c1ccccc1. The molecule has 0 atom stereocenters. The molecule has 0 saturated carbocycles. The van der Waals surface area contributed by atoms with E-state index >= 15 is 0 Å². The maximum absolute atomic E-state index is 5.49. The third-order valence-corrected chi connectivity index (χ3v) is 2.72. The number of rotatable bonds is 9. The Kier molecular flexibility index (Phi) is 7.38. The molecule has 0 aliphatic rings. The van der Waals surface area contributed by atoms with Crippen LogP contribution < -0.4 is 5.32 Å². The van der Waals surface area contributed by atoms with Crippen LogP contribution in [0.15, 0.2) is 36.9 Å². The summed E-state index contributed by atoms with van der Waals surface area (Å²) in [7, 11) is 0. The van der Waals surface area contributed by atoms with E-state index in [2.05, 4.69) is 37.9 Å². The third kappa shape index (κ3) is 6.58. The van der Waals surface area contributed by atoms with Crippen molar-refractivity contribution in [2.24, 2.45) is 0 Å². The Bertz CT molecular complexity index is 332. The zero-order chi connectivity index (χ0) is 13.2. The van der Waals surface area contributed by atoms with Gasteiger partial charge in [-0.25, -0.2) is 0 Å². The summed E-state index contributed by atoms with van der Waals surface area (Å²) < 4.78 is 5.49. The molecule has 0 unspecified atom stereocenters. The third-order valence-electron chi connectivity index (χ3n) is 2.72. The Morgan fingerprint density at radius 1 is 1.22 bits per heavy atom. The summed E-state index contributed by atoms with van der Waals surface area (Å²) in [5.41, 5.74) is 2.36. The topological polar surface area (TPSA) is 21.3 Å². The quantitative estimate of drug-likeness (QED) is 0.674. The number of hydrogen-bond acceptors (Lipinski definition) is 2. The molecule has 0 radical (unpaired) electrons. The fraction of sp³-hybridized carbons (Fsp3) is 0.500. The number of ether oxygens (including phenoxy) is 1. The second kappa shape index (κ2) is 8.90. The minimum Gasteiger partial charge on any atom is -0.379 e. The molecule has 0 aromatic heterocycles. The lowest BCUT2D eigenvalue weighted by molar-refractivity contribution is 0.0761. The first-order valence-electron chi connectivity index (χ1n) is 6.75. The number of benzene rings is 1. The zero-order valence-corrected chi connectivity index (χ0v) is 11.6. The van der Waals surface area contributed by atoms with E-state index in [1.807, 2.05) is 18.2 Å². The van der Waals surface area contributed by atoms with Crippen LogP contribution in [0.2, 0.25) is 0 Å². The van der Waals surface area contributed by atoms with Crippen LogP contribution in [0.4, 0.5) is 0 Å². The van der Waals surface area contributed by atoms with Crippen LogP contribution in [0.3, 0.4) is 0 Å². The van der Waals surface area contributed by atoms with Gasteiger partial charge in [0.25, 0.3) is 0 Å². The van der Waals surface area contributed by atoms with Crippen molar-refractivity contribution < 1.29 is 4.74 Å². The molecular weight excluding hydrogens is 222 g/mol. The molecule has 0 heterocycles. The second-order valence-electron chi connectivity index (χ2n) is 4.77. The summed E-state index contributed by atoms with van der Waals surface area (Å²) in [6.07, 6.45) is 2.61. The van der Waals surface area contributed by atoms with E-state index < -0.39 is 0 Å². The highest BCUT2D eigenvalue weighted by atomic mass is 16.5. The average Bonchev–Trinajstić information content (AvgIpc) is 2.38. The van der Waals surface area contributed by atoms with Crippen molar-refractivity contribution in [3.8, 4) is 0 Å². The van der Waals surface area contributed by atoms with E-state index in [4.69, 9.17) is 4.74 Å². The summed E-state index contributed by atoms with van der Waals surface area (Å²) in [6, 6.07) is 10.3. The van der Waals surface area contributed by atoms with Crippen molar-refractivity contribution in [2.45, 2.75) is 32.8 Å². The lowest BCUT2D eigenvalue weighted by Gasteiger charge is -2.09. The van der Waals surface area contributed by atoms with Gasteiger partial charge < -0.3 is 10.1 Å². The Balaban J connectivity index is 2.03. The normalized spacial score (nSPS) is 10.8.